The van der Waals surface area contributed by atoms with Crippen LogP contribution in [-0.4, -0.2) is 43.3 Å². The molecule has 1 aromatic rings. The standard InChI is InChI=1S/C15H22N2O5S/c1-15(2,3)22-14(20)17-10(13(19)21-4)7-8-16-12(18)11-6-5-9-23-11/h5-6,9-10H,7-8H2,1-4H3,(H,16,18)(H,17,20)/t10-/m0/s1. The van der Waals surface area contributed by atoms with Crippen molar-refractivity contribution in [3.63, 3.8) is 0 Å². The third kappa shape index (κ3) is 7.14. The van der Waals surface area contributed by atoms with E-state index >= 15 is 0 Å². The predicted molar refractivity (Wildman–Crippen MR) is 86.4 cm³/mol. The smallest absolute Gasteiger partial charge is 0.408 e. The average Bonchev–Trinajstić information content (AvgIpc) is 2.97. The molecule has 0 aliphatic heterocycles. The summed E-state index contributed by atoms with van der Waals surface area (Å²) in [5.41, 5.74) is -0.669. The molecule has 7 nitrogen and oxygen atoms in total. The lowest BCUT2D eigenvalue weighted by molar-refractivity contribution is -0.143. The van der Waals surface area contributed by atoms with Crippen LogP contribution in [0.5, 0.6) is 0 Å². The first-order valence-corrected chi connectivity index (χ1v) is 8.00. The molecule has 0 saturated carbocycles. The maximum absolute atomic E-state index is 11.8. The van der Waals surface area contributed by atoms with Crippen LogP contribution in [0.4, 0.5) is 4.79 Å². The lowest BCUT2D eigenvalue weighted by atomic mass is 10.2. The Kier molecular flexibility index (Phi) is 7.02. The summed E-state index contributed by atoms with van der Waals surface area (Å²) in [6.07, 6.45) is -0.513. The van der Waals surface area contributed by atoms with Crippen molar-refractivity contribution in [3.8, 4) is 0 Å². The highest BCUT2D eigenvalue weighted by Gasteiger charge is 2.24. The molecule has 0 spiro atoms. The summed E-state index contributed by atoms with van der Waals surface area (Å²) in [6.45, 7) is 5.38. The van der Waals surface area contributed by atoms with E-state index in [2.05, 4.69) is 15.4 Å². The molecule has 0 aliphatic rings. The van der Waals surface area contributed by atoms with Gasteiger partial charge in [-0.3, -0.25) is 4.79 Å². The van der Waals surface area contributed by atoms with Crippen LogP contribution in [0.3, 0.4) is 0 Å². The molecule has 1 aromatic heterocycles. The molecule has 0 aromatic carbocycles. The Morgan fingerprint density at radius 2 is 2.00 bits per heavy atom. The molecule has 0 radical (unpaired) electrons. The van der Waals surface area contributed by atoms with Gasteiger partial charge in [0.25, 0.3) is 5.91 Å². The fourth-order valence-corrected chi connectivity index (χ4v) is 2.31. The number of hydrogen-bond donors (Lipinski definition) is 2. The number of thiophene rings is 1. The van der Waals surface area contributed by atoms with Crippen molar-refractivity contribution < 1.29 is 23.9 Å². The summed E-state index contributed by atoms with van der Waals surface area (Å²) >= 11 is 1.32. The lowest BCUT2D eigenvalue weighted by Crippen LogP contribution is -2.45. The summed E-state index contributed by atoms with van der Waals surface area (Å²) in [7, 11) is 1.23. The number of methoxy groups -OCH3 is 1. The first-order valence-electron chi connectivity index (χ1n) is 7.12. The van der Waals surface area contributed by atoms with Crippen molar-refractivity contribution in [2.45, 2.75) is 38.8 Å². The topological polar surface area (TPSA) is 93.7 Å². The quantitative estimate of drug-likeness (QED) is 0.771. The normalized spacial score (nSPS) is 12.2. The van der Waals surface area contributed by atoms with Gasteiger partial charge >= 0.3 is 12.1 Å². The van der Waals surface area contributed by atoms with Gasteiger partial charge in [0, 0.05) is 6.54 Å². The highest BCUT2D eigenvalue weighted by atomic mass is 32.1. The number of carbonyl (C=O) groups excluding carboxylic acids is 3. The van der Waals surface area contributed by atoms with E-state index < -0.39 is 23.7 Å². The van der Waals surface area contributed by atoms with Gasteiger partial charge in [-0.05, 0) is 38.6 Å². The highest BCUT2D eigenvalue weighted by Crippen LogP contribution is 2.09. The lowest BCUT2D eigenvalue weighted by Gasteiger charge is -2.22. The molecule has 2 amide bonds. The molecule has 0 saturated heterocycles. The summed E-state index contributed by atoms with van der Waals surface area (Å²) in [5.74, 6) is -0.817. The van der Waals surface area contributed by atoms with E-state index in [-0.39, 0.29) is 18.9 Å². The Hall–Kier alpha value is -2.09. The molecule has 1 rings (SSSR count). The number of alkyl carbamates (subject to hydrolysis) is 1. The number of amides is 2. The SMILES string of the molecule is COC(=O)[C@H](CCNC(=O)c1cccs1)NC(=O)OC(C)(C)C. The number of hydrogen-bond acceptors (Lipinski definition) is 6. The number of carbonyl (C=O) groups is 3. The van der Waals surface area contributed by atoms with Crippen molar-refractivity contribution >= 4 is 29.3 Å². The number of ether oxygens (including phenoxy) is 2. The molecule has 128 valence electrons. The van der Waals surface area contributed by atoms with Crippen LogP contribution in [0.15, 0.2) is 17.5 Å². The summed E-state index contributed by atoms with van der Waals surface area (Å²) in [5, 5.41) is 6.94. The molecule has 8 heteroatoms. The first-order chi connectivity index (χ1) is 10.7. The van der Waals surface area contributed by atoms with E-state index in [0.717, 1.165) is 0 Å². The zero-order valence-electron chi connectivity index (χ0n) is 13.7. The summed E-state index contributed by atoms with van der Waals surface area (Å²) in [4.78, 5) is 35.9. The fraction of sp³-hybridized carbons (Fsp3) is 0.533. The van der Waals surface area contributed by atoms with Crippen LogP contribution >= 0.6 is 11.3 Å². The van der Waals surface area contributed by atoms with E-state index in [4.69, 9.17) is 4.74 Å². The molecular formula is C15H22N2O5S. The van der Waals surface area contributed by atoms with E-state index in [1.54, 1.807) is 38.3 Å². The highest BCUT2D eigenvalue weighted by molar-refractivity contribution is 7.12. The average molecular weight is 342 g/mol. The number of esters is 1. The van der Waals surface area contributed by atoms with Crippen molar-refractivity contribution in [1.29, 1.82) is 0 Å². The monoisotopic (exact) mass is 342 g/mol. The maximum Gasteiger partial charge on any atom is 0.408 e. The van der Waals surface area contributed by atoms with Crippen molar-refractivity contribution in [1.82, 2.24) is 10.6 Å². The van der Waals surface area contributed by atoms with E-state index in [0.29, 0.717) is 4.88 Å². The van der Waals surface area contributed by atoms with Crippen LogP contribution in [-0.2, 0) is 14.3 Å². The predicted octanol–water partition coefficient (Wildman–Crippen LogP) is 1.93. The van der Waals surface area contributed by atoms with Crippen molar-refractivity contribution in [2.24, 2.45) is 0 Å². The van der Waals surface area contributed by atoms with Gasteiger partial charge in [0.2, 0.25) is 0 Å². The number of nitrogens with one attached hydrogen (secondary N) is 2. The molecule has 1 heterocycles. The first kappa shape index (κ1) is 19.0. The van der Waals surface area contributed by atoms with Gasteiger partial charge in [-0.25, -0.2) is 9.59 Å². The zero-order valence-corrected chi connectivity index (χ0v) is 14.5. The molecule has 0 aliphatic carbocycles. The molecule has 2 N–H and O–H groups in total. The van der Waals surface area contributed by atoms with Crippen LogP contribution in [0.2, 0.25) is 0 Å². The van der Waals surface area contributed by atoms with Gasteiger partial charge < -0.3 is 20.1 Å². The second-order valence-corrected chi connectivity index (χ2v) is 6.69. The molecule has 0 unspecified atom stereocenters. The van der Waals surface area contributed by atoms with E-state index in [1.807, 2.05) is 0 Å². The summed E-state index contributed by atoms with van der Waals surface area (Å²) < 4.78 is 9.76. The van der Waals surface area contributed by atoms with Gasteiger partial charge in [-0.1, -0.05) is 6.07 Å². The van der Waals surface area contributed by atoms with Crippen LogP contribution < -0.4 is 10.6 Å². The van der Waals surface area contributed by atoms with Crippen molar-refractivity contribution in [2.75, 3.05) is 13.7 Å². The van der Waals surface area contributed by atoms with E-state index in [1.165, 1.54) is 18.4 Å². The third-order valence-electron chi connectivity index (χ3n) is 2.64. The minimum absolute atomic E-state index is 0.197. The fourth-order valence-electron chi connectivity index (χ4n) is 1.67. The van der Waals surface area contributed by atoms with Crippen molar-refractivity contribution in [3.05, 3.63) is 22.4 Å². The largest absolute Gasteiger partial charge is 0.467 e. The van der Waals surface area contributed by atoms with Gasteiger partial charge in [0.15, 0.2) is 0 Å². The molecule has 0 bridgehead atoms. The van der Waals surface area contributed by atoms with Gasteiger partial charge in [-0.2, -0.15) is 0 Å². The maximum atomic E-state index is 11.8. The minimum atomic E-state index is -0.890. The second-order valence-electron chi connectivity index (χ2n) is 5.74. The third-order valence-corrected chi connectivity index (χ3v) is 3.51. The van der Waals surface area contributed by atoms with E-state index in [9.17, 15) is 14.4 Å². The molecule has 1 atom stereocenters. The van der Waals surface area contributed by atoms with Gasteiger partial charge in [0.05, 0.1) is 12.0 Å². The van der Waals surface area contributed by atoms with Crippen LogP contribution in [0, 0.1) is 0 Å². The zero-order chi connectivity index (χ0) is 17.5. The second kappa shape index (κ2) is 8.52. The van der Waals surface area contributed by atoms with Gasteiger partial charge in [-0.15, -0.1) is 11.3 Å². The van der Waals surface area contributed by atoms with Gasteiger partial charge in [0.1, 0.15) is 11.6 Å². The van der Waals surface area contributed by atoms with Crippen LogP contribution in [0.1, 0.15) is 36.9 Å². The Balaban J connectivity index is 2.50. The van der Waals surface area contributed by atoms with Crippen LogP contribution in [0.25, 0.3) is 0 Å². The summed E-state index contributed by atoms with van der Waals surface area (Å²) in [6, 6.07) is 2.59. The molecule has 0 fully saturated rings. The molecule has 23 heavy (non-hydrogen) atoms. The Morgan fingerprint density at radius 3 is 2.52 bits per heavy atom. The molecular weight excluding hydrogens is 320 g/mol. The Labute approximate surface area is 139 Å². The minimum Gasteiger partial charge on any atom is -0.467 e. The number of rotatable bonds is 6. The Bertz CT molecular complexity index is 537. The Morgan fingerprint density at radius 1 is 1.30 bits per heavy atom.